The number of ether oxygens (including phenoxy) is 1. The number of hydrogen-bond acceptors (Lipinski definition) is 3. The monoisotopic (exact) mass is 144 g/mol. The van der Waals surface area contributed by atoms with Gasteiger partial charge >= 0.3 is 0 Å². The third-order valence-corrected chi connectivity index (χ3v) is 1.64. The molecule has 0 aromatic rings. The molecule has 0 aromatic carbocycles. The predicted octanol–water partition coefficient (Wildman–Crippen LogP) is -0.337. The second-order valence-electron chi connectivity index (χ2n) is 2.85. The SMILES string of the molecule is CC1(C)OCC[N+]([O-])=C1N. The van der Waals surface area contributed by atoms with Gasteiger partial charge in [-0.2, -0.15) is 0 Å². The van der Waals surface area contributed by atoms with Crippen molar-refractivity contribution in [2.24, 2.45) is 5.73 Å². The van der Waals surface area contributed by atoms with Crippen molar-refractivity contribution >= 4 is 5.84 Å². The highest BCUT2D eigenvalue weighted by Crippen LogP contribution is 2.11. The van der Waals surface area contributed by atoms with Gasteiger partial charge < -0.3 is 9.94 Å². The average Bonchev–Trinajstić information content (AvgIpc) is 1.83. The van der Waals surface area contributed by atoms with E-state index in [0.29, 0.717) is 13.2 Å². The predicted molar refractivity (Wildman–Crippen MR) is 37.7 cm³/mol. The molecule has 0 unspecified atom stereocenters. The maximum Gasteiger partial charge on any atom is 0.277 e. The number of rotatable bonds is 0. The van der Waals surface area contributed by atoms with Crippen LogP contribution >= 0.6 is 0 Å². The van der Waals surface area contributed by atoms with E-state index in [1.807, 2.05) is 0 Å². The Kier molecular flexibility index (Phi) is 1.56. The van der Waals surface area contributed by atoms with Crippen molar-refractivity contribution in [2.75, 3.05) is 13.2 Å². The molecule has 0 aromatic heterocycles. The van der Waals surface area contributed by atoms with Gasteiger partial charge in [0.15, 0.2) is 5.60 Å². The first kappa shape index (κ1) is 7.34. The summed E-state index contributed by atoms with van der Waals surface area (Å²) in [6.45, 7) is 4.37. The van der Waals surface area contributed by atoms with Gasteiger partial charge in [-0.25, -0.2) is 0 Å². The van der Waals surface area contributed by atoms with Crippen LogP contribution in [0.2, 0.25) is 0 Å². The molecule has 0 saturated carbocycles. The third-order valence-electron chi connectivity index (χ3n) is 1.64. The molecule has 1 heterocycles. The smallest absolute Gasteiger partial charge is 0.277 e. The van der Waals surface area contributed by atoms with Crippen molar-refractivity contribution in [3.05, 3.63) is 5.21 Å². The average molecular weight is 144 g/mol. The Bertz CT molecular complexity index is 175. The van der Waals surface area contributed by atoms with Crippen molar-refractivity contribution in [1.82, 2.24) is 0 Å². The van der Waals surface area contributed by atoms with Crippen LogP contribution in [-0.2, 0) is 4.74 Å². The van der Waals surface area contributed by atoms with Gasteiger partial charge in [-0.1, -0.05) is 0 Å². The van der Waals surface area contributed by atoms with E-state index in [1.54, 1.807) is 13.8 Å². The van der Waals surface area contributed by atoms with Crippen molar-refractivity contribution in [1.29, 1.82) is 0 Å². The minimum Gasteiger partial charge on any atom is -0.715 e. The summed E-state index contributed by atoms with van der Waals surface area (Å²) in [5.74, 6) is 0.263. The van der Waals surface area contributed by atoms with Crippen molar-refractivity contribution < 1.29 is 9.48 Å². The maximum atomic E-state index is 10.9. The molecule has 1 aliphatic rings. The fourth-order valence-electron chi connectivity index (χ4n) is 0.878. The minimum absolute atomic E-state index is 0.263. The highest BCUT2D eigenvalue weighted by Gasteiger charge is 2.32. The largest absolute Gasteiger partial charge is 0.715 e. The fourth-order valence-corrected chi connectivity index (χ4v) is 0.878. The van der Waals surface area contributed by atoms with E-state index in [9.17, 15) is 5.21 Å². The first-order valence-corrected chi connectivity index (χ1v) is 3.25. The maximum absolute atomic E-state index is 10.9. The quantitative estimate of drug-likeness (QED) is 0.374. The van der Waals surface area contributed by atoms with Crippen LogP contribution in [0.1, 0.15) is 13.8 Å². The molecule has 4 nitrogen and oxygen atoms in total. The van der Waals surface area contributed by atoms with E-state index >= 15 is 0 Å². The molecule has 0 saturated heterocycles. The lowest BCUT2D eigenvalue weighted by Crippen LogP contribution is -2.50. The number of hydrogen-bond donors (Lipinski definition) is 1. The molecular formula is C6H12N2O2. The van der Waals surface area contributed by atoms with E-state index in [1.165, 1.54) is 0 Å². The first-order chi connectivity index (χ1) is 4.54. The van der Waals surface area contributed by atoms with Crippen LogP contribution in [0, 0.1) is 5.21 Å². The highest BCUT2D eigenvalue weighted by molar-refractivity contribution is 5.84. The second kappa shape index (κ2) is 2.12. The van der Waals surface area contributed by atoms with Crippen LogP contribution in [0.3, 0.4) is 0 Å². The summed E-state index contributed by atoms with van der Waals surface area (Å²) in [4.78, 5) is 0. The topological polar surface area (TPSA) is 61.3 Å². The Balaban J connectivity index is 2.89. The van der Waals surface area contributed by atoms with E-state index < -0.39 is 5.60 Å². The van der Waals surface area contributed by atoms with E-state index in [4.69, 9.17) is 10.5 Å². The molecule has 2 N–H and O–H groups in total. The second-order valence-corrected chi connectivity index (χ2v) is 2.85. The number of nitrogens with zero attached hydrogens (tertiary/aromatic N) is 1. The Labute approximate surface area is 59.9 Å². The molecular weight excluding hydrogens is 132 g/mol. The van der Waals surface area contributed by atoms with Crippen molar-refractivity contribution in [3.63, 3.8) is 0 Å². The van der Waals surface area contributed by atoms with Gasteiger partial charge in [-0.3, -0.25) is 10.5 Å². The zero-order valence-corrected chi connectivity index (χ0v) is 6.26. The fraction of sp³-hybridized carbons (Fsp3) is 0.833. The van der Waals surface area contributed by atoms with Crippen LogP contribution in [-0.4, -0.2) is 29.3 Å². The normalized spacial score (nSPS) is 25.0. The van der Waals surface area contributed by atoms with E-state index in [2.05, 4.69) is 0 Å². The lowest BCUT2D eigenvalue weighted by atomic mass is 10.1. The van der Waals surface area contributed by atoms with Crippen LogP contribution in [0.25, 0.3) is 0 Å². The molecule has 58 valence electrons. The zero-order valence-electron chi connectivity index (χ0n) is 6.26. The molecule has 10 heavy (non-hydrogen) atoms. The number of hydroxylamine groups is 1. The van der Waals surface area contributed by atoms with E-state index in [-0.39, 0.29) is 5.84 Å². The Morgan fingerprint density at radius 1 is 1.70 bits per heavy atom. The molecule has 0 radical (unpaired) electrons. The third kappa shape index (κ3) is 1.07. The zero-order chi connectivity index (χ0) is 7.78. The molecule has 0 bridgehead atoms. The molecule has 0 spiro atoms. The summed E-state index contributed by atoms with van der Waals surface area (Å²) in [7, 11) is 0. The Hall–Kier alpha value is -0.770. The summed E-state index contributed by atoms with van der Waals surface area (Å²) in [5.41, 5.74) is 4.88. The number of nitrogens with two attached hydrogens (primary N) is 1. The highest BCUT2D eigenvalue weighted by atomic mass is 16.5. The summed E-state index contributed by atoms with van der Waals surface area (Å²) < 4.78 is 6.03. The van der Waals surface area contributed by atoms with Gasteiger partial charge in [-0.05, 0) is 13.8 Å². The Morgan fingerprint density at radius 2 is 2.30 bits per heavy atom. The summed E-state index contributed by atoms with van der Waals surface area (Å²) >= 11 is 0. The van der Waals surface area contributed by atoms with Crippen LogP contribution in [0.15, 0.2) is 0 Å². The Morgan fingerprint density at radius 3 is 2.70 bits per heavy atom. The molecule has 0 aliphatic carbocycles. The summed E-state index contributed by atoms with van der Waals surface area (Å²) in [5, 5.41) is 10.9. The molecule has 1 aliphatic heterocycles. The lowest BCUT2D eigenvalue weighted by molar-refractivity contribution is -0.480. The van der Waals surface area contributed by atoms with Crippen molar-refractivity contribution in [3.8, 4) is 0 Å². The van der Waals surface area contributed by atoms with Crippen LogP contribution in [0.5, 0.6) is 0 Å². The van der Waals surface area contributed by atoms with Gasteiger partial charge in [0, 0.05) is 0 Å². The number of amidine groups is 1. The van der Waals surface area contributed by atoms with Crippen LogP contribution in [0.4, 0.5) is 0 Å². The minimum atomic E-state index is -0.583. The van der Waals surface area contributed by atoms with Gasteiger partial charge in [-0.15, -0.1) is 0 Å². The molecule has 0 atom stereocenters. The van der Waals surface area contributed by atoms with Crippen molar-refractivity contribution in [2.45, 2.75) is 19.4 Å². The van der Waals surface area contributed by atoms with Gasteiger partial charge in [0.05, 0.1) is 6.61 Å². The van der Waals surface area contributed by atoms with Crippen LogP contribution < -0.4 is 5.73 Å². The molecule has 0 fully saturated rings. The van der Waals surface area contributed by atoms with Gasteiger partial charge in [0.1, 0.15) is 6.54 Å². The van der Waals surface area contributed by atoms with E-state index in [0.717, 1.165) is 4.74 Å². The lowest BCUT2D eigenvalue weighted by Gasteiger charge is -2.29. The van der Waals surface area contributed by atoms with Gasteiger partial charge in [0.25, 0.3) is 5.84 Å². The summed E-state index contributed by atoms with van der Waals surface area (Å²) in [6.07, 6.45) is 0. The standard InChI is InChI=1S/C6H12N2O2/c1-6(2)5(7)8(9)3-4-10-6/h3-4,7H2,1-2H3. The first-order valence-electron chi connectivity index (χ1n) is 3.25. The molecule has 0 amide bonds. The van der Waals surface area contributed by atoms with Gasteiger partial charge in [0.2, 0.25) is 0 Å². The summed E-state index contributed by atoms with van der Waals surface area (Å²) in [6, 6.07) is 0. The molecule has 1 rings (SSSR count). The molecule has 4 heteroatoms.